The monoisotopic (exact) mass is 768 g/mol. The molecule has 1 unspecified atom stereocenters. The summed E-state index contributed by atoms with van der Waals surface area (Å²) < 4.78 is 6.88. The van der Waals surface area contributed by atoms with Gasteiger partial charge in [0.25, 0.3) is 11.8 Å². The van der Waals surface area contributed by atoms with Crippen molar-refractivity contribution >= 4 is 52.9 Å². The molecule has 4 aromatic carbocycles. The predicted molar refractivity (Wildman–Crippen MR) is 199 cm³/mol. The highest BCUT2D eigenvalue weighted by Crippen LogP contribution is 2.34. The average Bonchev–Trinajstić information content (AvgIpc) is 3.77. The molecule has 0 radical (unpaired) electrons. The number of piperidine rings is 1. The summed E-state index contributed by atoms with van der Waals surface area (Å²) in [5.74, 6) is -2.93. The van der Waals surface area contributed by atoms with E-state index in [-0.39, 0.29) is 67.2 Å². The average molecular weight is 769 g/mol. The molecule has 0 aliphatic carbocycles. The number of benzene rings is 4. The van der Waals surface area contributed by atoms with Gasteiger partial charge in [0.05, 0.1) is 54.6 Å². The summed E-state index contributed by atoms with van der Waals surface area (Å²) in [6.45, 7) is 0.408. The Morgan fingerprint density at radius 2 is 1.58 bits per heavy atom. The number of amides is 7. The molecule has 286 valence electrons. The smallest absolute Gasteiger partial charge is 0.420 e. The van der Waals surface area contributed by atoms with Gasteiger partial charge in [0.15, 0.2) is 0 Å². The van der Waals surface area contributed by atoms with Crippen LogP contribution in [0.5, 0.6) is 11.5 Å². The van der Waals surface area contributed by atoms with Crippen molar-refractivity contribution in [3.05, 3.63) is 125 Å². The summed E-state index contributed by atoms with van der Waals surface area (Å²) in [5, 5.41) is 25.6. The zero-order chi connectivity index (χ0) is 39.8. The van der Waals surface area contributed by atoms with Crippen LogP contribution in [0.25, 0.3) is 5.69 Å². The fourth-order valence-corrected chi connectivity index (χ4v) is 6.85. The number of aromatic nitrogens is 3. The number of imide groups is 2. The SMILES string of the molecule is O=C(Cc1ccc(N2Cc3ccc(O)cc3OC2=O)cc1)NCc1cn(-c2ccc(CC(=O)Nc3cccc4c3C(=O)N(C3CCC(=O)NC3=O)C4=O)cc2)nn1. The maximum Gasteiger partial charge on any atom is 0.420 e. The van der Waals surface area contributed by atoms with Crippen molar-refractivity contribution in [3.63, 3.8) is 0 Å². The highest BCUT2D eigenvalue weighted by Gasteiger charge is 2.45. The number of fused-ring (bicyclic) bond motifs is 2. The number of phenols is 1. The van der Waals surface area contributed by atoms with Gasteiger partial charge in [-0.25, -0.2) is 9.48 Å². The lowest BCUT2D eigenvalue weighted by Gasteiger charge is -2.28. The summed E-state index contributed by atoms with van der Waals surface area (Å²) in [4.78, 5) is 91.1. The standard InChI is InChI=1S/C40H32N8O9/c49-28-13-8-24-20-46(40(56)57-32(24)18-28)26-9-4-22(5-10-26)16-34(51)41-19-25-21-47(45-44-25)27-11-6-23(7-12-27)17-35(52)42-30-3-1-2-29-36(30)39(55)48(38(29)54)31-14-15-33(50)43-37(31)53/h1-13,18,21,31,49H,14-17,19-20H2,(H,41,51)(H,42,52)(H,43,50,53). The number of hydrogen-bond donors (Lipinski definition) is 4. The van der Waals surface area contributed by atoms with Crippen LogP contribution in [-0.2, 0) is 45.1 Å². The molecule has 0 saturated carbocycles. The van der Waals surface area contributed by atoms with Gasteiger partial charge in [0.1, 0.15) is 23.2 Å². The van der Waals surface area contributed by atoms with E-state index in [1.54, 1.807) is 60.8 Å². The molecule has 17 heteroatoms. The maximum absolute atomic E-state index is 13.4. The number of phenolic OH excluding ortho intramolecular Hbond substituents is 1. The topological polar surface area (TPSA) is 222 Å². The molecule has 0 spiro atoms. The van der Waals surface area contributed by atoms with Crippen LogP contribution in [-0.4, -0.2) is 72.6 Å². The highest BCUT2D eigenvalue weighted by molar-refractivity contribution is 6.26. The molecule has 1 aromatic heterocycles. The van der Waals surface area contributed by atoms with Gasteiger partial charge in [0, 0.05) is 23.7 Å². The van der Waals surface area contributed by atoms with Crippen LogP contribution in [0, 0.1) is 0 Å². The maximum atomic E-state index is 13.4. The van der Waals surface area contributed by atoms with E-state index in [0.717, 1.165) is 16.0 Å². The van der Waals surface area contributed by atoms with Crippen LogP contribution in [0.1, 0.15) is 55.9 Å². The predicted octanol–water partition coefficient (Wildman–Crippen LogP) is 2.93. The molecule has 1 saturated heterocycles. The molecule has 1 fully saturated rings. The molecule has 0 bridgehead atoms. The Kier molecular flexibility index (Phi) is 9.46. The van der Waals surface area contributed by atoms with E-state index in [4.69, 9.17) is 4.74 Å². The van der Waals surface area contributed by atoms with E-state index in [1.807, 2.05) is 0 Å². The molecule has 57 heavy (non-hydrogen) atoms. The van der Waals surface area contributed by atoms with Crippen LogP contribution in [0.3, 0.4) is 0 Å². The van der Waals surface area contributed by atoms with Crippen molar-refractivity contribution in [1.82, 2.24) is 30.5 Å². The molecule has 5 aromatic rings. The molecule has 8 rings (SSSR count). The van der Waals surface area contributed by atoms with Crippen LogP contribution < -0.4 is 25.6 Å². The molecule has 1 atom stereocenters. The van der Waals surface area contributed by atoms with Gasteiger partial charge in [-0.2, -0.15) is 0 Å². The van der Waals surface area contributed by atoms with Gasteiger partial charge in [-0.1, -0.05) is 35.5 Å². The Labute approximate surface area is 323 Å². The van der Waals surface area contributed by atoms with Crippen molar-refractivity contribution in [2.75, 3.05) is 10.2 Å². The number of carbonyl (C=O) groups excluding carboxylic acids is 7. The van der Waals surface area contributed by atoms with Crippen LogP contribution >= 0.6 is 0 Å². The molecule has 17 nitrogen and oxygen atoms in total. The van der Waals surface area contributed by atoms with Crippen molar-refractivity contribution in [2.24, 2.45) is 0 Å². The first-order valence-electron chi connectivity index (χ1n) is 17.8. The van der Waals surface area contributed by atoms with E-state index in [0.29, 0.717) is 28.4 Å². The first-order chi connectivity index (χ1) is 27.5. The second-order valence-electron chi connectivity index (χ2n) is 13.6. The third-order valence-electron chi connectivity index (χ3n) is 9.72. The number of ether oxygens (including phenoxy) is 1. The summed E-state index contributed by atoms with van der Waals surface area (Å²) in [5.41, 5.74) is 4.09. The fourth-order valence-electron chi connectivity index (χ4n) is 6.85. The normalized spacial score (nSPS) is 16.1. The van der Waals surface area contributed by atoms with E-state index in [9.17, 15) is 38.7 Å². The largest absolute Gasteiger partial charge is 0.508 e. The Bertz CT molecular complexity index is 2500. The molecular weight excluding hydrogens is 736 g/mol. The molecule has 3 aliphatic heterocycles. The minimum absolute atomic E-state index is 0.00510. The minimum atomic E-state index is -1.12. The van der Waals surface area contributed by atoms with Gasteiger partial charge in [-0.3, -0.25) is 43.9 Å². The third kappa shape index (κ3) is 7.40. The fraction of sp³-hybridized carbons (Fsp3) is 0.175. The van der Waals surface area contributed by atoms with Gasteiger partial charge in [-0.05, 0) is 66.1 Å². The zero-order valence-corrected chi connectivity index (χ0v) is 29.9. The van der Waals surface area contributed by atoms with Gasteiger partial charge >= 0.3 is 6.09 Å². The highest BCUT2D eigenvalue weighted by atomic mass is 16.6. The quantitative estimate of drug-likeness (QED) is 0.151. The van der Waals surface area contributed by atoms with E-state index in [2.05, 4.69) is 26.3 Å². The number of nitrogens with one attached hydrogen (secondary N) is 3. The molecular formula is C40H32N8O9. The summed E-state index contributed by atoms with van der Waals surface area (Å²) in [6, 6.07) is 21.9. The first kappa shape index (κ1) is 36.3. The number of hydrogen-bond acceptors (Lipinski definition) is 11. The van der Waals surface area contributed by atoms with E-state index < -0.39 is 41.7 Å². The Morgan fingerprint density at radius 1 is 0.860 bits per heavy atom. The summed E-state index contributed by atoms with van der Waals surface area (Å²) >= 11 is 0. The van der Waals surface area contributed by atoms with Gasteiger partial charge < -0.3 is 20.5 Å². The molecule has 4 heterocycles. The van der Waals surface area contributed by atoms with E-state index in [1.165, 1.54) is 39.9 Å². The molecule has 4 N–H and O–H groups in total. The second-order valence-corrected chi connectivity index (χ2v) is 13.6. The van der Waals surface area contributed by atoms with Crippen molar-refractivity contribution < 1.29 is 43.4 Å². The Hall–Kier alpha value is -7.69. The number of nitrogens with zero attached hydrogens (tertiary/aromatic N) is 5. The zero-order valence-electron chi connectivity index (χ0n) is 29.9. The number of anilines is 2. The number of rotatable bonds is 10. The van der Waals surface area contributed by atoms with E-state index >= 15 is 0 Å². The van der Waals surface area contributed by atoms with Gasteiger partial charge in [-0.15, -0.1) is 5.10 Å². The van der Waals surface area contributed by atoms with Crippen molar-refractivity contribution in [2.45, 2.75) is 44.8 Å². The Balaban J connectivity index is 0.825. The summed E-state index contributed by atoms with van der Waals surface area (Å²) in [7, 11) is 0. The second kappa shape index (κ2) is 14.9. The lowest BCUT2D eigenvalue weighted by Crippen LogP contribution is -2.54. The number of carbonyl (C=O) groups is 7. The minimum Gasteiger partial charge on any atom is -0.508 e. The molecule has 3 aliphatic rings. The lowest BCUT2D eigenvalue weighted by molar-refractivity contribution is -0.136. The van der Waals surface area contributed by atoms with Crippen LogP contribution in [0.4, 0.5) is 16.2 Å². The Morgan fingerprint density at radius 3 is 2.32 bits per heavy atom. The lowest BCUT2D eigenvalue weighted by atomic mass is 10.0. The van der Waals surface area contributed by atoms with Crippen molar-refractivity contribution in [1.29, 1.82) is 0 Å². The number of aromatic hydroxyl groups is 1. The first-order valence-corrected chi connectivity index (χ1v) is 17.8. The third-order valence-corrected chi connectivity index (χ3v) is 9.72. The van der Waals surface area contributed by atoms with Crippen LogP contribution in [0.15, 0.2) is 91.1 Å². The van der Waals surface area contributed by atoms with Gasteiger partial charge in [0.2, 0.25) is 23.6 Å². The van der Waals surface area contributed by atoms with Crippen molar-refractivity contribution in [3.8, 4) is 17.2 Å². The van der Waals surface area contributed by atoms with Crippen LogP contribution in [0.2, 0.25) is 0 Å². The molecule has 7 amide bonds. The summed E-state index contributed by atoms with van der Waals surface area (Å²) in [6.07, 6.45) is 1.16.